The minimum Gasteiger partial charge on any atom is -0.473 e. The van der Waals surface area contributed by atoms with E-state index in [2.05, 4.69) is 54.3 Å². The number of nitrogens with one attached hydrogen (secondary N) is 3. The molecule has 0 bridgehead atoms. The van der Waals surface area contributed by atoms with Crippen LogP contribution < -0.4 is 16.2 Å². The lowest BCUT2D eigenvalue weighted by atomic mass is 9.94. The maximum Gasteiger partial charge on any atom is 0.414 e. The van der Waals surface area contributed by atoms with Crippen LogP contribution in [-0.2, 0) is 9.59 Å². The number of hydrazine groups is 1. The van der Waals surface area contributed by atoms with Crippen molar-refractivity contribution in [2.75, 3.05) is 19.6 Å². The molecule has 1 fully saturated rings. The summed E-state index contributed by atoms with van der Waals surface area (Å²) >= 11 is 0. The van der Waals surface area contributed by atoms with Gasteiger partial charge in [-0.3, -0.25) is 5.43 Å². The highest BCUT2D eigenvalue weighted by Gasteiger charge is 2.27. The van der Waals surface area contributed by atoms with Gasteiger partial charge in [0.05, 0.1) is 6.04 Å². The molecule has 0 aromatic heterocycles. The number of unbranched alkanes of at least 4 members (excludes halogenated alkanes) is 1. The van der Waals surface area contributed by atoms with E-state index in [9.17, 15) is 0 Å². The molecule has 134 valence electrons. The Labute approximate surface area is 142 Å². The van der Waals surface area contributed by atoms with E-state index < -0.39 is 11.9 Å². The Bertz CT molecular complexity index is 507. The second-order valence-electron chi connectivity index (χ2n) is 5.84. The highest BCUT2D eigenvalue weighted by molar-refractivity contribution is 6.27. The van der Waals surface area contributed by atoms with Crippen LogP contribution in [0.4, 0.5) is 0 Å². The fourth-order valence-corrected chi connectivity index (χ4v) is 2.44. The van der Waals surface area contributed by atoms with Crippen LogP contribution in [0, 0.1) is 12.8 Å². The fourth-order valence-electron chi connectivity index (χ4n) is 2.44. The van der Waals surface area contributed by atoms with Crippen LogP contribution >= 0.6 is 0 Å². The largest absolute Gasteiger partial charge is 0.473 e. The molecule has 24 heavy (non-hydrogen) atoms. The van der Waals surface area contributed by atoms with Gasteiger partial charge in [-0.25, -0.2) is 15.0 Å². The number of benzene rings is 1. The lowest BCUT2D eigenvalue weighted by Crippen LogP contribution is -2.29. The molecule has 0 amide bonds. The summed E-state index contributed by atoms with van der Waals surface area (Å²) in [5.74, 6) is -3.02. The van der Waals surface area contributed by atoms with E-state index in [1.165, 1.54) is 24.0 Å². The number of carbonyl (C=O) groups is 2. The molecule has 1 aliphatic heterocycles. The van der Waals surface area contributed by atoms with Crippen LogP contribution in [0.2, 0.25) is 0 Å². The third-order valence-corrected chi connectivity index (χ3v) is 3.83. The zero-order valence-corrected chi connectivity index (χ0v) is 14.2. The number of rotatable bonds is 6. The summed E-state index contributed by atoms with van der Waals surface area (Å²) < 4.78 is 0. The quantitative estimate of drug-likeness (QED) is 0.393. The monoisotopic (exact) mass is 337 g/mol. The summed E-state index contributed by atoms with van der Waals surface area (Å²) in [7, 11) is 0. The van der Waals surface area contributed by atoms with E-state index in [1.807, 2.05) is 0 Å². The van der Waals surface area contributed by atoms with Crippen LogP contribution in [0.15, 0.2) is 24.3 Å². The van der Waals surface area contributed by atoms with E-state index in [0.29, 0.717) is 12.0 Å². The van der Waals surface area contributed by atoms with Gasteiger partial charge in [0.15, 0.2) is 0 Å². The smallest absolute Gasteiger partial charge is 0.414 e. The van der Waals surface area contributed by atoms with Crippen molar-refractivity contribution in [1.82, 2.24) is 16.2 Å². The third-order valence-electron chi connectivity index (χ3n) is 3.83. The van der Waals surface area contributed by atoms with Gasteiger partial charge in [-0.05, 0) is 25.5 Å². The summed E-state index contributed by atoms with van der Waals surface area (Å²) in [6, 6.07) is 9.28. The van der Waals surface area contributed by atoms with Crippen molar-refractivity contribution in [2.45, 2.75) is 32.7 Å². The molecule has 1 aromatic rings. The first-order valence-corrected chi connectivity index (χ1v) is 8.17. The Kier molecular flexibility index (Phi) is 8.99. The zero-order chi connectivity index (χ0) is 17.9. The van der Waals surface area contributed by atoms with E-state index >= 15 is 0 Å². The maximum absolute atomic E-state index is 9.10. The van der Waals surface area contributed by atoms with Gasteiger partial charge < -0.3 is 15.5 Å². The Morgan fingerprint density at radius 3 is 2.38 bits per heavy atom. The van der Waals surface area contributed by atoms with Gasteiger partial charge in [-0.1, -0.05) is 43.2 Å². The normalized spacial score (nSPS) is 19.4. The Hall–Kier alpha value is -1.96. The topological polar surface area (TPSA) is 111 Å². The van der Waals surface area contributed by atoms with E-state index in [1.54, 1.807) is 0 Å². The molecular formula is C17H27N3O4. The molecule has 1 heterocycles. The lowest BCUT2D eigenvalue weighted by Gasteiger charge is -2.19. The van der Waals surface area contributed by atoms with Crippen LogP contribution in [0.1, 0.15) is 36.9 Å². The molecule has 2 rings (SSSR count). The van der Waals surface area contributed by atoms with Crippen LogP contribution in [0.25, 0.3) is 0 Å². The number of hydrogen-bond acceptors (Lipinski definition) is 5. The number of hydrogen-bond donors (Lipinski definition) is 5. The fraction of sp³-hybridized carbons (Fsp3) is 0.529. The molecule has 0 aliphatic carbocycles. The van der Waals surface area contributed by atoms with Gasteiger partial charge in [0.2, 0.25) is 0 Å². The second kappa shape index (κ2) is 10.7. The highest BCUT2D eigenvalue weighted by atomic mass is 16.4. The van der Waals surface area contributed by atoms with E-state index in [-0.39, 0.29) is 0 Å². The van der Waals surface area contributed by atoms with Crippen LogP contribution in [0.5, 0.6) is 0 Å². The van der Waals surface area contributed by atoms with Crippen molar-refractivity contribution in [3.8, 4) is 0 Å². The number of aliphatic carboxylic acids is 2. The van der Waals surface area contributed by atoms with E-state index in [0.717, 1.165) is 19.6 Å². The van der Waals surface area contributed by atoms with Crippen molar-refractivity contribution in [3.05, 3.63) is 35.4 Å². The van der Waals surface area contributed by atoms with Gasteiger partial charge in [-0.15, -0.1) is 0 Å². The minimum atomic E-state index is -1.82. The molecule has 7 nitrogen and oxygen atoms in total. The minimum absolute atomic E-state index is 0.430. The summed E-state index contributed by atoms with van der Waals surface area (Å²) in [6.07, 6.45) is 2.53. The SMILES string of the molecule is CCCCNCC1CNNC1c1ccc(C)cc1.O=C(O)C(=O)O. The lowest BCUT2D eigenvalue weighted by molar-refractivity contribution is -0.159. The predicted molar refractivity (Wildman–Crippen MR) is 91.6 cm³/mol. The maximum atomic E-state index is 9.10. The van der Waals surface area contributed by atoms with Crippen molar-refractivity contribution >= 4 is 11.9 Å². The third kappa shape index (κ3) is 7.08. The molecule has 1 aliphatic rings. The highest BCUT2D eigenvalue weighted by Crippen LogP contribution is 2.24. The molecular weight excluding hydrogens is 310 g/mol. The summed E-state index contributed by atoms with van der Waals surface area (Å²) in [6.45, 7) is 7.62. The van der Waals surface area contributed by atoms with Gasteiger partial charge >= 0.3 is 11.9 Å². The summed E-state index contributed by atoms with van der Waals surface area (Å²) in [5, 5.41) is 18.3. The molecule has 7 heteroatoms. The van der Waals surface area contributed by atoms with Gasteiger partial charge in [0.25, 0.3) is 0 Å². The average Bonchev–Trinajstić information content (AvgIpc) is 3.01. The molecule has 1 saturated heterocycles. The summed E-state index contributed by atoms with van der Waals surface area (Å²) in [5.41, 5.74) is 9.38. The average molecular weight is 337 g/mol. The molecule has 1 aromatic carbocycles. The molecule has 0 saturated carbocycles. The van der Waals surface area contributed by atoms with Crippen molar-refractivity contribution in [3.63, 3.8) is 0 Å². The molecule has 0 radical (unpaired) electrons. The molecule has 0 spiro atoms. The molecule has 5 N–H and O–H groups in total. The van der Waals surface area contributed by atoms with Gasteiger partial charge in [0, 0.05) is 19.0 Å². The first kappa shape index (κ1) is 20.1. The van der Waals surface area contributed by atoms with Crippen molar-refractivity contribution in [1.29, 1.82) is 0 Å². The van der Waals surface area contributed by atoms with Crippen LogP contribution in [0.3, 0.4) is 0 Å². The Morgan fingerprint density at radius 2 is 1.83 bits per heavy atom. The first-order valence-electron chi connectivity index (χ1n) is 8.17. The van der Waals surface area contributed by atoms with Crippen molar-refractivity contribution < 1.29 is 19.8 Å². The predicted octanol–water partition coefficient (Wildman–Crippen LogP) is 1.31. The number of carboxylic acid groups (broad SMARTS) is 2. The Balaban J connectivity index is 0.000000413. The first-order chi connectivity index (χ1) is 11.5. The zero-order valence-electron chi connectivity index (χ0n) is 14.2. The number of aryl methyl sites for hydroxylation is 1. The summed E-state index contributed by atoms with van der Waals surface area (Å²) in [4.78, 5) is 18.2. The van der Waals surface area contributed by atoms with Gasteiger partial charge in [-0.2, -0.15) is 0 Å². The number of carboxylic acids is 2. The van der Waals surface area contributed by atoms with Gasteiger partial charge in [0.1, 0.15) is 0 Å². The molecule has 2 atom stereocenters. The molecule has 2 unspecified atom stereocenters. The van der Waals surface area contributed by atoms with E-state index in [4.69, 9.17) is 19.8 Å². The standard InChI is InChI=1S/C15H25N3.C2H2O4/c1-3-4-9-16-10-14-11-17-18-15(14)13-7-5-12(2)6-8-13;3-1(4)2(5)6/h5-8,14-18H,3-4,9-11H2,1-2H3;(H,3,4)(H,5,6). The second-order valence-corrected chi connectivity index (χ2v) is 5.84. The Morgan fingerprint density at radius 1 is 1.21 bits per heavy atom. The van der Waals surface area contributed by atoms with Crippen LogP contribution in [-0.4, -0.2) is 41.8 Å². The van der Waals surface area contributed by atoms with Crippen molar-refractivity contribution in [2.24, 2.45) is 5.92 Å².